The number of hydrogen-bond acceptors (Lipinski definition) is 2. The molecule has 0 aromatic heterocycles. The summed E-state index contributed by atoms with van der Waals surface area (Å²) in [5, 5.41) is 5.55. The Labute approximate surface area is 192 Å². The molecule has 0 radical (unpaired) electrons. The number of benzene rings is 2. The first-order valence-electron chi connectivity index (χ1n) is 11.1. The maximum absolute atomic E-state index is 12.0. The molecule has 0 aliphatic rings. The van der Waals surface area contributed by atoms with Gasteiger partial charge >= 0.3 is 0 Å². The highest BCUT2D eigenvalue weighted by atomic mass is 16.2. The molecule has 0 atom stereocenters. The summed E-state index contributed by atoms with van der Waals surface area (Å²) in [4.78, 5) is 23.9. The minimum atomic E-state index is -0.186. The third kappa shape index (κ3) is 8.54. The molecule has 0 saturated carbocycles. The van der Waals surface area contributed by atoms with E-state index in [0.717, 1.165) is 11.1 Å². The fraction of sp³-hybridized carbons (Fsp3) is 0.357. The molecular weight excluding hydrogens is 396 g/mol. The first-order chi connectivity index (χ1) is 14.9. The van der Waals surface area contributed by atoms with Crippen LogP contribution in [0.2, 0.25) is 0 Å². The Balaban J connectivity index is 1.71. The van der Waals surface area contributed by atoms with Crippen LogP contribution in [0.5, 0.6) is 0 Å². The minimum Gasteiger partial charge on any atom is -0.351 e. The largest absolute Gasteiger partial charge is 0.351 e. The van der Waals surface area contributed by atoms with E-state index in [1.807, 2.05) is 24.3 Å². The van der Waals surface area contributed by atoms with Gasteiger partial charge in [0.1, 0.15) is 0 Å². The minimum absolute atomic E-state index is 0.107. The van der Waals surface area contributed by atoms with Crippen LogP contribution in [0, 0.1) is 0 Å². The Morgan fingerprint density at radius 2 is 0.938 bits per heavy atom. The second kappa shape index (κ2) is 10.9. The molecular formula is C28H36N2O2. The number of rotatable bonds is 7. The van der Waals surface area contributed by atoms with Crippen LogP contribution in [0.4, 0.5) is 0 Å². The zero-order valence-corrected chi connectivity index (χ0v) is 20.2. The van der Waals surface area contributed by atoms with Crippen molar-refractivity contribution in [2.24, 2.45) is 0 Å². The van der Waals surface area contributed by atoms with Crippen molar-refractivity contribution in [3.05, 3.63) is 82.9 Å². The summed E-state index contributed by atoms with van der Waals surface area (Å²) in [5.74, 6) is -0.373. The van der Waals surface area contributed by atoms with E-state index in [9.17, 15) is 9.59 Å². The lowest BCUT2D eigenvalue weighted by Gasteiger charge is -2.18. The summed E-state index contributed by atoms with van der Waals surface area (Å²) < 4.78 is 0. The van der Waals surface area contributed by atoms with Crippen LogP contribution >= 0.6 is 0 Å². The molecule has 170 valence electrons. The highest BCUT2D eigenvalue weighted by Crippen LogP contribution is 2.23. The zero-order valence-electron chi connectivity index (χ0n) is 20.2. The number of carbonyl (C=O) groups is 2. The maximum atomic E-state index is 12.0. The summed E-state index contributed by atoms with van der Waals surface area (Å²) in [6.07, 6.45) is 6.59. The Morgan fingerprint density at radius 3 is 1.22 bits per heavy atom. The smallest absolute Gasteiger partial charge is 0.244 e. The predicted octanol–water partition coefficient (Wildman–Crippen LogP) is 5.24. The predicted molar refractivity (Wildman–Crippen MR) is 134 cm³/mol. The number of amides is 2. The van der Waals surface area contributed by atoms with Crippen molar-refractivity contribution >= 4 is 24.0 Å². The van der Waals surface area contributed by atoms with Gasteiger partial charge in [0.2, 0.25) is 11.8 Å². The summed E-state index contributed by atoms with van der Waals surface area (Å²) in [7, 11) is 0. The molecule has 4 heteroatoms. The highest BCUT2D eigenvalue weighted by Gasteiger charge is 2.13. The lowest BCUT2D eigenvalue weighted by Crippen LogP contribution is -2.33. The van der Waals surface area contributed by atoms with Gasteiger partial charge in [-0.25, -0.2) is 0 Å². The SMILES string of the molecule is CC(C)(C)c1ccc(/C=C/C(=O)NCCNC(=O)/C=C/c2ccc(C(C)(C)C)cc2)cc1. The lowest BCUT2D eigenvalue weighted by molar-refractivity contribution is -0.118. The third-order valence-corrected chi connectivity index (χ3v) is 5.13. The van der Waals surface area contributed by atoms with Gasteiger partial charge in [-0.15, -0.1) is 0 Å². The Hall–Kier alpha value is -3.14. The molecule has 0 aliphatic heterocycles. The van der Waals surface area contributed by atoms with Crippen LogP contribution in [0.1, 0.15) is 63.8 Å². The van der Waals surface area contributed by atoms with Crippen LogP contribution in [0.3, 0.4) is 0 Å². The van der Waals surface area contributed by atoms with Gasteiger partial charge < -0.3 is 10.6 Å². The van der Waals surface area contributed by atoms with Crippen LogP contribution in [0.25, 0.3) is 12.2 Å². The number of hydrogen-bond donors (Lipinski definition) is 2. The molecule has 4 nitrogen and oxygen atoms in total. The van der Waals surface area contributed by atoms with E-state index < -0.39 is 0 Å². The Kier molecular flexibility index (Phi) is 8.59. The second-order valence-corrected chi connectivity index (χ2v) is 9.99. The van der Waals surface area contributed by atoms with Crippen molar-refractivity contribution in [1.29, 1.82) is 0 Å². The molecule has 2 rings (SSSR count). The monoisotopic (exact) mass is 432 g/mol. The molecule has 0 aliphatic carbocycles. The van der Waals surface area contributed by atoms with Crippen molar-refractivity contribution in [3.63, 3.8) is 0 Å². The van der Waals surface area contributed by atoms with E-state index in [1.165, 1.54) is 23.3 Å². The van der Waals surface area contributed by atoms with Gasteiger partial charge in [-0.1, -0.05) is 90.1 Å². The Morgan fingerprint density at radius 1 is 0.625 bits per heavy atom. The van der Waals surface area contributed by atoms with Gasteiger partial charge in [0.15, 0.2) is 0 Å². The van der Waals surface area contributed by atoms with E-state index in [-0.39, 0.29) is 22.6 Å². The van der Waals surface area contributed by atoms with Crippen LogP contribution in [-0.2, 0) is 20.4 Å². The molecule has 0 saturated heterocycles. The fourth-order valence-corrected chi connectivity index (χ4v) is 3.02. The van der Waals surface area contributed by atoms with Crippen molar-refractivity contribution < 1.29 is 9.59 Å². The maximum Gasteiger partial charge on any atom is 0.244 e. The van der Waals surface area contributed by atoms with E-state index in [0.29, 0.717) is 13.1 Å². The first-order valence-corrected chi connectivity index (χ1v) is 11.1. The van der Waals surface area contributed by atoms with Crippen LogP contribution in [-0.4, -0.2) is 24.9 Å². The zero-order chi connectivity index (χ0) is 23.8. The average molecular weight is 433 g/mol. The Bertz CT molecular complexity index is 873. The molecule has 2 aromatic rings. The number of nitrogens with one attached hydrogen (secondary N) is 2. The fourth-order valence-electron chi connectivity index (χ4n) is 3.02. The third-order valence-electron chi connectivity index (χ3n) is 5.13. The molecule has 0 fully saturated rings. The standard InChI is InChI=1S/C28H36N2O2/c1-27(2,3)23-13-7-21(8-14-23)11-17-25(31)29-19-20-30-26(32)18-12-22-9-15-24(16-10-22)28(4,5)6/h7-18H,19-20H2,1-6H3,(H,29,31)(H,30,32)/b17-11+,18-12+. The van der Waals surface area contributed by atoms with Crippen LogP contribution in [0.15, 0.2) is 60.7 Å². The molecule has 0 bridgehead atoms. The van der Waals surface area contributed by atoms with Gasteiger partial charge in [-0.3, -0.25) is 9.59 Å². The van der Waals surface area contributed by atoms with Gasteiger partial charge in [0.25, 0.3) is 0 Å². The summed E-state index contributed by atoms with van der Waals surface area (Å²) in [5.41, 5.74) is 4.67. The first kappa shape index (κ1) is 25.1. The van der Waals surface area contributed by atoms with Gasteiger partial charge in [-0.2, -0.15) is 0 Å². The second-order valence-electron chi connectivity index (χ2n) is 9.99. The van der Waals surface area contributed by atoms with Crippen molar-refractivity contribution in [2.45, 2.75) is 52.4 Å². The van der Waals surface area contributed by atoms with Gasteiger partial charge in [-0.05, 0) is 45.2 Å². The lowest BCUT2D eigenvalue weighted by atomic mass is 9.87. The summed E-state index contributed by atoms with van der Waals surface area (Å²) >= 11 is 0. The van der Waals surface area contributed by atoms with Gasteiger partial charge in [0, 0.05) is 25.2 Å². The van der Waals surface area contributed by atoms with Crippen molar-refractivity contribution in [1.82, 2.24) is 10.6 Å². The van der Waals surface area contributed by atoms with E-state index in [1.54, 1.807) is 12.2 Å². The quantitative estimate of drug-likeness (QED) is 0.464. The number of carbonyl (C=O) groups excluding carboxylic acids is 2. The molecule has 0 heterocycles. The molecule has 2 aromatic carbocycles. The van der Waals surface area contributed by atoms with Crippen LogP contribution < -0.4 is 10.6 Å². The molecule has 2 N–H and O–H groups in total. The van der Waals surface area contributed by atoms with E-state index in [2.05, 4.69) is 76.4 Å². The highest BCUT2D eigenvalue weighted by molar-refractivity contribution is 5.92. The van der Waals surface area contributed by atoms with Gasteiger partial charge in [0.05, 0.1) is 0 Å². The van der Waals surface area contributed by atoms with E-state index in [4.69, 9.17) is 0 Å². The normalized spacial score (nSPS) is 12.3. The van der Waals surface area contributed by atoms with E-state index >= 15 is 0 Å². The van der Waals surface area contributed by atoms with Crippen molar-refractivity contribution in [2.75, 3.05) is 13.1 Å². The summed E-state index contributed by atoms with van der Waals surface area (Å²) in [6, 6.07) is 16.4. The molecule has 0 unspecified atom stereocenters. The average Bonchev–Trinajstić information content (AvgIpc) is 2.73. The molecule has 32 heavy (non-hydrogen) atoms. The topological polar surface area (TPSA) is 58.2 Å². The molecule has 2 amide bonds. The molecule has 0 spiro atoms. The van der Waals surface area contributed by atoms with Crippen molar-refractivity contribution in [3.8, 4) is 0 Å². The summed E-state index contributed by atoms with van der Waals surface area (Å²) in [6.45, 7) is 13.8.